The van der Waals surface area contributed by atoms with Crippen LogP contribution in [0.4, 0.5) is 5.69 Å². The van der Waals surface area contributed by atoms with Crippen LogP contribution in [0, 0.1) is 11.3 Å². The van der Waals surface area contributed by atoms with Crippen LogP contribution in [-0.4, -0.2) is 28.3 Å². The third-order valence-electron chi connectivity index (χ3n) is 5.31. The molecule has 2 N–H and O–H groups in total. The number of thioether (sulfide) groups is 1. The van der Waals surface area contributed by atoms with Crippen LogP contribution in [0.15, 0.2) is 44.1 Å². The first-order chi connectivity index (χ1) is 13.4. The molecule has 3 aliphatic heterocycles. The molecule has 0 fully saturated rings. The SMILES string of the molecule is CN1C(=O)C2(C(C#N)=C(N)Oc3nc4n(c(=O)c32)CCS4)c2cc(Br)ccc21. The summed E-state index contributed by atoms with van der Waals surface area (Å²) in [5.41, 5.74) is 5.03. The number of ether oxygens (including phenoxy) is 1. The summed E-state index contributed by atoms with van der Waals surface area (Å²) in [7, 11) is 1.61. The molecule has 1 aromatic carbocycles. The van der Waals surface area contributed by atoms with Gasteiger partial charge >= 0.3 is 0 Å². The standard InChI is InChI=1S/C18H12BrN5O3S/c1-23-11-3-2-8(19)6-9(11)18(16(23)26)10(7-20)13(21)27-14-12(18)15(25)24-4-5-28-17(24)22-14/h2-3,6H,4-5,21H2,1H3. The number of likely N-dealkylation sites (N-methyl/N-ethyl adjacent to an activating group) is 1. The van der Waals surface area contributed by atoms with Gasteiger partial charge in [0.15, 0.2) is 10.6 Å². The van der Waals surface area contributed by atoms with Gasteiger partial charge in [0.2, 0.25) is 17.7 Å². The van der Waals surface area contributed by atoms with Crippen molar-refractivity contribution < 1.29 is 9.53 Å². The van der Waals surface area contributed by atoms with E-state index in [1.54, 1.807) is 25.2 Å². The van der Waals surface area contributed by atoms with Gasteiger partial charge in [-0.2, -0.15) is 10.2 Å². The second-order valence-electron chi connectivity index (χ2n) is 6.61. The summed E-state index contributed by atoms with van der Waals surface area (Å²) < 4.78 is 7.80. The van der Waals surface area contributed by atoms with E-state index in [4.69, 9.17) is 10.5 Å². The number of nitrogens with zero attached hydrogens (tertiary/aromatic N) is 4. The highest BCUT2D eigenvalue weighted by molar-refractivity contribution is 9.10. The fraction of sp³-hybridized carbons (Fsp3) is 0.222. The van der Waals surface area contributed by atoms with Crippen LogP contribution in [0.2, 0.25) is 0 Å². The van der Waals surface area contributed by atoms with Gasteiger partial charge in [-0.1, -0.05) is 27.7 Å². The molecule has 0 aliphatic carbocycles. The van der Waals surface area contributed by atoms with Crippen LogP contribution in [0.1, 0.15) is 11.1 Å². The van der Waals surface area contributed by atoms with Gasteiger partial charge in [0.25, 0.3) is 5.56 Å². The fourth-order valence-corrected chi connectivity index (χ4v) is 5.41. The van der Waals surface area contributed by atoms with Crippen LogP contribution in [-0.2, 0) is 16.8 Å². The molecule has 28 heavy (non-hydrogen) atoms. The van der Waals surface area contributed by atoms with Crippen molar-refractivity contribution in [3.63, 3.8) is 0 Å². The van der Waals surface area contributed by atoms with Crippen molar-refractivity contribution in [3.8, 4) is 11.9 Å². The van der Waals surface area contributed by atoms with Crippen molar-refractivity contribution in [1.82, 2.24) is 9.55 Å². The minimum atomic E-state index is -1.68. The summed E-state index contributed by atoms with van der Waals surface area (Å²) >= 11 is 4.86. The molecule has 0 bridgehead atoms. The first-order valence-electron chi connectivity index (χ1n) is 8.35. The second kappa shape index (κ2) is 5.62. The Balaban J connectivity index is 1.99. The number of nitriles is 1. The van der Waals surface area contributed by atoms with Gasteiger partial charge < -0.3 is 15.4 Å². The predicted octanol–water partition coefficient (Wildman–Crippen LogP) is 1.46. The van der Waals surface area contributed by atoms with E-state index in [1.165, 1.54) is 21.2 Å². The zero-order valence-electron chi connectivity index (χ0n) is 14.5. The Labute approximate surface area is 171 Å². The number of rotatable bonds is 0. The summed E-state index contributed by atoms with van der Waals surface area (Å²) in [4.78, 5) is 33.0. The predicted molar refractivity (Wildman–Crippen MR) is 105 cm³/mol. The molecule has 10 heteroatoms. The lowest BCUT2D eigenvalue weighted by molar-refractivity contribution is -0.120. The molecule has 5 rings (SSSR count). The lowest BCUT2D eigenvalue weighted by atomic mass is 9.69. The quantitative estimate of drug-likeness (QED) is 0.595. The van der Waals surface area contributed by atoms with Crippen LogP contribution in [0.25, 0.3) is 0 Å². The molecule has 1 amide bonds. The van der Waals surface area contributed by atoms with Crippen molar-refractivity contribution >= 4 is 39.3 Å². The van der Waals surface area contributed by atoms with Crippen molar-refractivity contribution in [2.75, 3.05) is 17.7 Å². The fourth-order valence-electron chi connectivity index (χ4n) is 4.11. The zero-order valence-corrected chi connectivity index (χ0v) is 16.9. The number of hydrogen-bond donors (Lipinski definition) is 1. The van der Waals surface area contributed by atoms with E-state index in [9.17, 15) is 14.9 Å². The third kappa shape index (κ3) is 1.88. The molecule has 0 saturated heterocycles. The number of nitrogens with two attached hydrogens (primary N) is 1. The van der Waals surface area contributed by atoms with E-state index in [0.29, 0.717) is 33.2 Å². The maximum absolute atomic E-state index is 13.6. The highest BCUT2D eigenvalue weighted by atomic mass is 79.9. The van der Waals surface area contributed by atoms with E-state index in [0.717, 1.165) is 0 Å². The molecule has 8 nitrogen and oxygen atoms in total. The van der Waals surface area contributed by atoms with E-state index in [2.05, 4.69) is 20.9 Å². The van der Waals surface area contributed by atoms with E-state index < -0.39 is 11.3 Å². The lowest BCUT2D eigenvalue weighted by Gasteiger charge is -2.33. The van der Waals surface area contributed by atoms with Gasteiger partial charge in [-0.15, -0.1) is 0 Å². The van der Waals surface area contributed by atoms with Crippen molar-refractivity contribution in [1.29, 1.82) is 5.26 Å². The topological polar surface area (TPSA) is 114 Å². The number of aromatic nitrogens is 2. The largest absolute Gasteiger partial charge is 0.421 e. The van der Waals surface area contributed by atoms with Gasteiger partial charge in [0.05, 0.1) is 0 Å². The lowest BCUT2D eigenvalue weighted by Crippen LogP contribution is -2.49. The molecular formula is C18H12BrN5O3S. The zero-order chi connectivity index (χ0) is 19.8. The molecule has 0 saturated carbocycles. The number of fused-ring (bicyclic) bond motifs is 5. The van der Waals surface area contributed by atoms with Gasteiger partial charge in [0, 0.05) is 35.1 Å². The number of carbonyl (C=O) groups excluding carboxylic acids is 1. The maximum atomic E-state index is 13.6. The molecule has 1 spiro atoms. The molecule has 1 aromatic heterocycles. The summed E-state index contributed by atoms with van der Waals surface area (Å²) in [6, 6.07) is 7.32. The van der Waals surface area contributed by atoms with Gasteiger partial charge in [0.1, 0.15) is 17.2 Å². The highest BCUT2D eigenvalue weighted by Crippen LogP contribution is 2.54. The number of carbonyl (C=O) groups is 1. The number of amides is 1. The highest BCUT2D eigenvalue weighted by Gasteiger charge is 2.60. The molecule has 1 unspecified atom stereocenters. The normalized spacial score (nSPS) is 22.0. The molecule has 140 valence electrons. The summed E-state index contributed by atoms with van der Waals surface area (Å²) in [5, 5.41) is 10.4. The van der Waals surface area contributed by atoms with Gasteiger partial charge in [-0.05, 0) is 18.2 Å². The molecule has 1 atom stereocenters. The Hall–Kier alpha value is -2.77. The number of halogens is 1. The number of anilines is 1. The summed E-state index contributed by atoms with van der Waals surface area (Å²) in [6.07, 6.45) is 0. The monoisotopic (exact) mass is 457 g/mol. The smallest absolute Gasteiger partial charge is 0.263 e. The van der Waals surface area contributed by atoms with E-state index in [1.807, 2.05) is 6.07 Å². The average molecular weight is 458 g/mol. The van der Waals surface area contributed by atoms with Crippen molar-refractivity contribution in [2.24, 2.45) is 5.73 Å². The van der Waals surface area contributed by atoms with E-state index in [-0.39, 0.29) is 28.5 Å². The van der Waals surface area contributed by atoms with Crippen LogP contribution in [0.5, 0.6) is 5.88 Å². The Morgan fingerprint density at radius 3 is 2.96 bits per heavy atom. The molecule has 4 heterocycles. The summed E-state index contributed by atoms with van der Waals surface area (Å²) in [6.45, 7) is 0.478. The van der Waals surface area contributed by atoms with Crippen LogP contribution in [0.3, 0.4) is 0 Å². The molecule has 0 radical (unpaired) electrons. The summed E-state index contributed by atoms with van der Waals surface area (Å²) in [5.74, 6) is 0.0261. The van der Waals surface area contributed by atoms with Crippen molar-refractivity contribution in [3.05, 3.63) is 55.6 Å². The second-order valence-corrected chi connectivity index (χ2v) is 8.59. The Kier molecular flexibility index (Phi) is 3.48. The third-order valence-corrected chi connectivity index (χ3v) is 6.76. The minimum Gasteiger partial charge on any atom is -0.421 e. The maximum Gasteiger partial charge on any atom is 0.263 e. The Morgan fingerprint density at radius 1 is 1.43 bits per heavy atom. The first kappa shape index (κ1) is 17.3. The van der Waals surface area contributed by atoms with Crippen LogP contribution >= 0.6 is 27.7 Å². The first-order valence-corrected chi connectivity index (χ1v) is 10.1. The number of hydrogen-bond acceptors (Lipinski definition) is 7. The van der Waals surface area contributed by atoms with Crippen molar-refractivity contribution in [2.45, 2.75) is 17.1 Å². The van der Waals surface area contributed by atoms with Gasteiger partial charge in [-0.25, -0.2) is 0 Å². The molecule has 3 aliphatic rings. The minimum absolute atomic E-state index is 0.0169. The van der Waals surface area contributed by atoms with Gasteiger partial charge in [-0.3, -0.25) is 14.2 Å². The molecular weight excluding hydrogens is 446 g/mol. The number of benzene rings is 1. The van der Waals surface area contributed by atoms with Crippen LogP contribution < -0.4 is 20.9 Å². The Bertz CT molecular complexity index is 1230. The van der Waals surface area contributed by atoms with E-state index >= 15 is 0 Å². The average Bonchev–Trinajstić information content (AvgIpc) is 3.21. The molecule has 2 aromatic rings. The Morgan fingerprint density at radius 2 is 2.21 bits per heavy atom.